The molecule has 0 fully saturated rings. The third-order valence-corrected chi connectivity index (χ3v) is 5.41. The van der Waals surface area contributed by atoms with Crippen LogP contribution in [0.15, 0.2) is 47.4 Å². The molecule has 2 aliphatic rings. The third kappa shape index (κ3) is 4.56. The summed E-state index contributed by atoms with van der Waals surface area (Å²) in [7, 11) is 0. The minimum absolute atomic E-state index is 0.0561. The van der Waals surface area contributed by atoms with E-state index in [0.29, 0.717) is 24.8 Å². The fraction of sp³-hybridized carbons (Fsp3) is 0.346. The molecule has 0 aliphatic carbocycles. The summed E-state index contributed by atoms with van der Waals surface area (Å²) < 4.78 is 19.0. The van der Waals surface area contributed by atoms with Gasteiger partial charge in [-0.25, -0.2) is 9.78 Å². The van der Waals surface area contributed by atoms with E-state index in [4.69, 9.17) is 14.2 Å². The predicted octanol–water partition coefficient (Wildman–Crippen LogP) is 3.48. The van der Waals surface area contributed by atoms with Crippen molar-refractivity contribution in [3.8, 4) is 40.6 Å². The van der Waals surface area contributed by atoms with Crippen LogP contribution in [0.5, 0.6) is 17.5 Å². The Bertz CT molecular complexity index is 1330. The Kier molecular flexibility index (Phi) is 5.29. The van der Waals surface area contributed by atoms with Crippen LogP contribution in [0.3, 0.4) is 0 Å². The van der Waals surface area contributed by atoms with Crippen molar-refractivity contribution in [2.75, 3.05) is 13.2 Å². The Morgan fingerprint density at radius 2 is 2.12 bits per heavy atom. The Hall–Kier alpha value is -3.79. The molecule has 0 N–H and O–H groups in total. The van der Waals surface area contributed by atoms with Crippen LogP contribution in [0, 0.1) is 17.3 Å². The topological polar surface area (TPSA) is 75.5 Å². The average molecular weight is 444 g/mol. The van der Waals surface area contributed by atoms with Gasteiger partial charge in [-0.3, -0.25) is 4.57 Å². The summed E-state index contributed by atoms with van der Waals surface area (Å²) in [6, 6.07) is 11.5. The molecule has 7 heteroatoms. The lowest BCUT2D eigenvalue weighted by atomic mass is 9.94. The van der Waals surface area contributed by atoms with Crippen LogP contribution in [0.1, 0.15) is 31.9 Å². The van der Waals surface area contributed by atoms with Crippen molar-refractivity contribution in [3.63, 3.8) is 0 Å². The van der Waals surface area contributed by atoms with E-state index in [9.17, 15) is 4.79 Å². The molecule has 33 heavy (non-hydrogen) atoms. The number of pyridine rings is 1. The lowest BCUT2D eigenvalue weighted by molar-refractivity contribution is 0.0486. The Morgan fingerprint density at radius 1 is 1.24 bits per heavy atom. The van der Waals surface area contributed by atoms with Gasteiger partial charge in [0.25, 0.3) is 5.88 Å². The monoisotopic (exact) mass is 443 g/mol. The summed E-state index contributed by atoms with van der Waals surface area (Å²) >= 11 is 0. The first-order valence-corrected chi connectivity index (χ1v) is 11.0. The molecule has 0 saturated heterocycles. The van der Waals surface area contributed by atoms with Gasteiger partial charge in [0.05, 0.1) is 5.69 Å². The zero-order valence-corrected chi connectivity index (χ0v) is 18.9. The van der Waals surface area contributed by atoms with Gasteiger partial charge in [-0.15, -0.1) is 0 Å². The molecular weight excluding hydrogens is 418 g/mol. The molecular formula is C26H25N3O4. The smallest absolute Gasteiger partial charge is 0.351 e. The Morgan fingerprint density at radius 3 is 2.97 bits per heavy atom. The second kappa shape index (κ2) is 8.28. The maximum absolute atomic E-state index is 12.7. The van der Waals surface area contributed by atoms with Crippen LogP contribution < -0.4 is 19.9 Å². The van der Waals surface area contributed by atoms with Gasteiger partial charge in [0.1, 0.15) is 13.2 Å². The second-order valence-corrected chi connectivity index (χ2v) is 9.20. The van der Waals surface area contributed by atoms with E-state index < -0.39 is 0 Å². The molecule has 1 unspecified atom stereocenters. The van der Waals surface area contributed by atoms with Gasteiger partial charge in [-0.05, 0) is 57.0 Å². The molecule has 1 aromatic carbocycles. The number of nitrogens with zero attached hydrogens (tertiary/aromatic N) is 3. The molecule has 0 radical (unpaired) electrons. The summed E-state index contributed by atoms with van der Waals surface area (Å²) in [4.78, 5) is 20.9. The quantitative estimate of drug-likeness (QED) is 0.577. The fourth-order valence-electron chi connectivity index (χ4n) is 3.84. The molecule has 168 valence electrons. The SMILES string of the molecule is CC(C)(C)C#Cc1ccc2c(c1)CCn1c-2cc(OCC2COc3ncccc3O2)nc1=O. The molecule has 2 aromatic heterocycles. The molecule has 1 atom stereocenters. The van der Waals surface area contributed by atoms with Gasteiger partial charge in [-0.1, -0.05) is 17.9 Å². The fourth-order valence-corrected chi connectivity index (χ4v) is 3.84. The summed E-state index contributed by atoms with van der Waals surface area (Å²) in [5, 5.41) is 0. The number of benzene rings is 1. The first-order valence-electron chi connectivity index (χ1n) is 11.0. The van der Waals surface area contributed by atoms with Crippen LogP contribution in [-0.2, 0) is 13.0 Å². The van der Waals surface area contributed by atoms with Crippen molar-refractivity contribution in [3.05, 3.63) is 64.2 Å². The van der Waals surface area contributed by atoms with Crippen molar-refractivity contribution < 1.29 is 14.2 Å². The number of fused-ring (bicyclic) bond motifs is 4. The highest BCUT2D eigenvalue weighted by atomic mass is 16.6. The lowest BCUT2D eigenvalue weighted by Crippen LogP contribution is -2.35. The molecule has 4 heterocycles. The number of rotatable bonds is 3. The largest absolute Gasteiger partial charge is 0.478 e. The van der Waals surface area contributed by atoms with E-state index in [-0.39, 0.29) is 29.7 Å². The second-order valence-electron chi connectivity index (χ2n) is 9.20. The zero-order valence-electron chi connectivity index (χ0n) is 18.9. The Labute approximate surface area is 192 Å². The van der Waals surface area contributed by atoms with Crippen LogP contribution in [-0.4, -0.2) is 33.9 Å². The summed E-state index contributed by atoms with van der Waals surface area (Å²) in [6.07, 6.45) is 2.09. The van der Waals surface area contributed by atoms with Crippen LogP contribution in [0.4, 0.5) is 0 Å². The van der Waals surface area contributed by atoms with Crippen molar-refractivity contribution >= 4 is 0 Å². The van der Waals surface area contributed by atoms with Crippen LogP contribution in [0.2, 0.25) is 0 Å². The van der Waals surface area contributed by atoms with Crippen molar-refractivity contribution in [2.24, 2.45) is 5.41 Å². The van der Waals surface area contributed by atoms with Gasteiger partial charge >= 0.3 is 5.69 Å². The summed E-state index contributed by atoms with van der Waals surface area (Å²) in [6.45, 7) is 7.38. The van der Waals surface area contributed by atoms with Gasteiger partial charge in [-0.2, -0.15) is 4.98 Å². The van der Waals surface area contributed by atoms with Gasteiger partial charge in [0.2, 0.25) is 5.88 Å². The van der Waals surface area contributed by atoms with Gasteiger partial charge < -0.3 is 14.2 Å². The van der Waals surface area contributed by atoms with Crippen LogP contribution in [0.25, 0.3) is 11.3 Å². The number of hydrogen-bond donors (Lipinski definition) is 0. The van der Waals surface area contributed by atoms with Crippen LogP contribution >= 0.6 is 0 Å². The number of aromatic nitrogens is 3. The Balaban J connectivity index is 1.36. The predicted molar refractivity (Wildman–Crippen MR) is 124 cm³/mol. The minimum Gasteiger partial charge on any atom is -0.478 e. The first kappa shape index (κ1) is 21.1. The summed E-state index contributed by atoms with van der Waals surface area (Å²) in [5.41, 5.74) is 3.58. The van der Waals surface area contributed by atoms with E-state index >= 15 is 0 Å². The molecule has 7 nitrogen and oxygen atoms in total. The number of aryl methyl sites for hydroxylation is 1. The van der Waals surface area contributed by atoms with E-state index in [1.165, 1.54) is 5.56 Å². The maximum Gasteiger partial charge on any atom is 0.351 e. The maximum atomic E-state index is 12.7. The van der Waals surface area contributed by atoms with Gasteiger partial charge in [0.15, 0.2) is 11.9 Å². The molecule has 0 saturated carbocycles. The minimum atomic E-state index is -0.321. The molecule has 0 bridgehead atoms. The van der Waals surface area contributed by atoms with Crippen molar-refractivity contribution in [2.45, 2.75) is 39.8 Å². The number of ether oxygens (including phenoxy) is 3. The average Bonchev–Trinajstić information content (AvgIpc) is 2.80. The van der Waals surface area contributed by atoms with Gasteiger partial charge in [0, 0.05) is 35.3 Å². The van der Waals surface area contributed by atoms with Crippen molar-refractivity contribution in [1.82, 2.24) is 14.5 Å². The van der Waals surface area contributed by atoms with Crippen molar-refractivity contribution in [1.29, 1.82) is 0 Å². The molecule has 0 amide bonds. The highest BCUT2D eigenvalue weighted by molar-refractivity contribution is 5.68. The summed E-state index contributed by atoms with van der Waals surface area (Å²) in [5.74, 6) is 7.86. The zero-order chi connectivity index (χ0) is 23.0. The van der Waals surface area contributed by atoms with E-state index in [1.54, 1.807) is 22.9 Å². The molecule has 5 rings (SSSR count). The number of hydrogen-bond acceptors (Lipinski definition) is 6. The third-order valence-electron chi connectivity index (χ3n) is 5.41. The molecule has 3 aromatic rings. The van der Waals surface area contributed by atoms with E-state index in [2.05, 4.69) is 48.6 Å². The van der Waals surface area contributed by atoms with E-state index in [1.807, 2.05) is 18.2 Å². The standard InChI is InChI=1S/C26H25N3O4/c1-26(2,3)10-8-17-6-7-20-18(13-17)9-12-29-21(20)14-23(28-25(29)30)31-15-19-16-32-24-22(33-19)5-4-11-27-24/h4-7,11,13-14,19H,9,12,15-16H2,1-3H3. The first-order chi connectivity index (χ1) is 15.9. The van der Waals surface area contributed by atoms with E-state index in [0.717, 1.165) is 23.2 Å². The normalized spacial score (nSPS) is 16.2. The molecule has 0 spiro atoms. The highest BCUT2D eigenvalue weighted by Crippen LogP contribution is 2.31. The lowest BCUT2D eigenvalue weighted by Gasteiger charge is -2.25. The highest BCUT2D eigenvalue weighted by Gasteiger charge is 2.24. The molecule has 2 aliphatic heterocycles.